The van der Waals surface area contributed by atoms with E-state index in [-0.39, 0.29) is 6.04 Å². The van der Waals surface area contributed by atoms with Crippen molar-refractivity contribution in [2.75, 3.05) is 6.54 Å². The lowest BCUT2D eigenvalue weighted by atomic mass is 9.77. The lowest BCUT2D eigenvalue weighted by molar-refractivity contribution is 0.0268. The molecule has 116 valence electrons. The molecule has 1 heterocycles. The van der Waals surface area contributed by atoms with Gasteiger partial charge in [0.05, 0.1) is 0 Å². The molecule has 0 spiro atoms. The standard InChI is InChI=1S/C20H25NO/c1-15-6-10-17(11-7-15)20(22,19-5-3-4-14-21-19)18-12-8-16(2)9-13-18/h6-13,19,21-22H,3-5,14H2,1-2H3. The van der Waals surface area contributed by atoms with Crippen molar-refractivity contribution in [2.24, 2.45) is 0 Å². The maximum Gasteiger partial charge on any atom is 0.130 e. The molecule has 0 radical (unpaired) electrons. The minimum absolute atomic E-state index is 0.0617. The van der Waals surface area contributed by atoms with Gasteiger partial charge in [-0.15, -0.1) is 0 Å². The second-order valence-electron chi connectivity index (χ2n) is 6.50. The molecule has 1 aliphatic heterocycles. The first-order valence-electron chi connectivity index (χ1n) is 8.21. The van der Waals surface area contributed by atoms with E-state index in [0.29, 0.717) is 0 Å². The van der Waals surface area contributed by atoms with Crippen LogP contribution in [0.15, 0.2) is 48.5 Å². The van der Waals surface area contributed by atoms with E-state index in [4.69, 9.17) is 0 Å². The van der Waals surface area contributed by atoms with Crippen molar-refractivity contribution >= 4 is 0 Å². The minimum atomic E-state index is -0.970. The van der Waals surface area contributed by atoms with E-state index in [2.05, 4.69) is 67.7 Å². The van der Waals surface area contributed by atoms with E-state index in [9.17, 15) is 5.11 Å². The van der Waals surface area contributed by atoms with Gasteiger partial charge in [-0.05, 0) is 44.4 Å². The molecule has 22 heavy (non-hydrogen) atoms. The Hall–Kier alpha value is -1.64. The third kappa shape index (κ3) is 2.81. The van der Waals surface area contributed by atoms with Crippen LogP contribution >= 0.6 is 0 Å². The summed E-state index contributed by atoms with van der Waals surface area (Å²) in [7, 11) is 0. The van der Waals surface area contributed by atoms with Crippen LogP contribution in [0.3, 0.4) is 0 Å². The number of piperidine rings is 1. The van der Waals surface area contributed by atoms with Gasteiger partial charge in [0, 0.05) is 6.04 Å². The molecule has 1 unspecified atom stereocenters. The number of hydrogen-bond donors (Lipinski definition) is 2. The first-order valence-corrected chi connectivity index (χ1v) is 8.21. The van der Waals surface area contributed by atoms with Crippen LogP contribution in [0.4, 0.5) is 0 Å². The summed E-state index contributed by atoms with van der Waals surface area (Å²) in [5.41, 5.74) is 3.41. The van der Waals surface area contributed by atoms with Crippen molar-refractivity contribution in [1.29, 1.82) is 0 Å². The van der Waals surface area contributed by atoms with Crippen LogP contribution in [0.1, 0.15) is 41.5 Å². The summed E-state index contributed by atoms with van der Waals surface area (Å²) in [6, 6.07) is 16.6. The molecule has 2 heteroatoms. The van der Waals surface area contributed by atoms with Crippen LogP contribution in [0, 0.1) is 13.8 Å². The average Bonchev–Trinajstić information content (AvgIpc) is 2.56. The van der Waals surface area contributed by atoms with E-state index >= 15 is 0 Å². The number of benzene rings is 2. The Balaban J connectivity index is 2.08. The third-order valence-corrected chi connectivity index (χ3v) is 4.80. The van der Waals surface area contributed by atoms with Crippen LogP contribution < -0.4 is 5.32 Å². The maximum atomic E-state index is 11.7. The normalized spacial score (nSPS) is 19.1. The predicted molar refractivity (Wildman–Crippen MR) is 91.0 cm³/mol. The topological polar surface area (TPSA) is 32.3 Å². The highest BCUT2D eigenvalue weighted by atomic mass is 16.3. The van der Waals surface area contributed by atoms with Gasteiger partial charge in [-0.1, -0.05) is 66.1 Å². The number of rotatable bonds is 3. The van der Waals surface area contributed by atoms with E-state index in [0.717, 1.165) is 30.5 Å². The van der Waals surface area contributed by atoms with Gasteiger partial charge in [-0.3, -0.25) is 0 Å². The molecule has 0 aliphatic carbocycles. The van der Waals surface area contributed by atoms with Crippen molar-refractivity contribution in [3.05, 3.63) is 70.8 Å². The molecule has 2 nitrogen and oxygen atoms in total. The van der Waals surface area contributed by atoms with Gasteiger partial charge in [-0.2, -0.15) is 0 Å². The van der Waals surface area contributed by atoms with Crippen LogP contribution in [-0.2, 0) is 5.60 Å². The Morgan fingerprint density at radius 2 is 1.36 bits per heavy atom. The second-order valence-corrected chi connectivity index (χ2v) is 6.50. The Kier molecular flexibility index (Phi) is 4.32. The van der Waals surface area contributed by atoms with Crippen LogP contribution in [0.2, 0.25) is 0 Å². The average molecular weight is 295 g/mol. The van der Waals surface area contributed by atoms with Crippen molar-refractivity contribution in [3.63, 3.8) is 0 Å². The highest BCUT2D eigenvalue weighted by molar-refractivity contribution is 5.40. The van der Waals surface area contributed by atoms with Crippen molar-refractivity contribution in [2.45, 2.75) is 44.8 Å². The largest absolute Gasteiger partial charge is 0.379 e. The van der Waals surface area contributed by atoms with Crippen LogP contribution in [0.5, 0.6) is 0 Å². The van der Waals surface area contributed by atoms with Gasteiger partial charge in [0.2, 0.25) is 0 Å². The van der Waals surface area contributed by atoms with E-state index in [1.807, 2.05) is 0 Å². The monoisotopic (exact) mass is 295 g/mol. The molecule has 2 aromatic rings. The smallest absolute Gasteiger partial charge is 0.130 e. The van der Waals surface area contributed by atoms with E-state index < -0.39 is 5.60 Å². The number of nitrogens with one attached hydrogen (secondary N) is 1. The number of hydrogen-bond acceptors (Lipinski definition) is 2. The van der Waals surface area contributed by atoms with Gasteiger partial charge in [0.15, 0.2) is 0 Å². The molecule has 1 fully saturated rings. The SMILES string of the molecule is Cc1ccc(C(O)(c2ccc(C)cc2)C2CCCCN2)cc1. The van der Waals surface area contributed by atoms with Gasteiger partial charge in [-0.25, -0.2) is 0 Å². The van der Waals surface area contributed by atoms with Crippen molar-refractivity contribution in [1.82, 2.24) is 5.32 Å². The number of aliphatic hydroxyl groups is 1. The van der Waals surface area contributed by atoms with Gasteiger partial charge >= 0.3 is 0 Å². The highest BCUT2D eigenvalue weighted by Gasteiger charge is 2.40. The fourth-order valence-corrected chi connectivity index (χ4v) is 3.39. The Morgan fingerprint density at radius 3 is 1.77 bits per heavy atom. The zero-order valence-electron chi connectivity index (χ0n) is 13.5. The summed E-state index contributed by atoms with van der Waals surface area (Å²) in [4.78, 5) is 0. The summed E-state index contributed by atoms with van der Waals surface area (Å²) in [6.45, 7) is 5.13. The summed E-state index contributed by atoms with van der Waals surface area (Å²) in [5, 5.41) is 15.2. The molecule has 0 aromatic heterocycles. The number of aryl methyl sites for hydroxylation is 2. The van der Waals surface area contributed by atoms with Crippen LogP contribution in [0.25, 0.3) is 0 Å². The minimum Gasteiger partial charge on any atom is -0.379 e. The molecule has 1 aliphatic rings. The molecule has 1 atom stereocenters. The molecule has 0 amide bonds. The molecule has 1 saturated heterocycles. The Bertz CT molecular complexity index is 564. The van der Waals surface area contributed by atoms with Gasteiger partial charge in [0.25, 0.3) is 0 Å². The summed E-state index contributed by atoms with van der Waals surface area (Å²) < 4.78 is 0. The van der Waals surface area contributed by atoms with E-state index in [1.165, 1.54) is 17.5 Å². The zero-order valence-corrected chi connectivity index (χ0v) is 13.5. The lowest BCUT2D eigenvalue weighted by Crippen LogP contribution is -2.51. The van der Waals surface area contributed by atoms with Crippen molar-refractivity contribution < 1.29 is 5.11 Å². The zero-order chi connectivity index (χ0) is 15.6. The Labute approximate surface area is 133 Å². The first-order chi connectivity index (χ1) is 10.6. The fourth-order valence-electron chi connectivity index (χ4n) is 3.39. The molecule has 2 aromatic carbocycles. The molecular weight excluding hydrogens is 270 g/mol. The summed E-state index contributed by atoms with van der Waals surface area (Å²) >= 11 is 0. The molecule has 0 saturated carbocycles. The molecule has 3 rings (SSSR count). The first kappa shape index (κ1) is 15.3. The second kappa shape index (κ2) is 6.23. The van der Waals surface area contributed by atoms with Gasteiger partial charge in [0.1, 0.15) is 5.60 Å². The quantitative estimate of drug-likeness (QED) is 0.905. The summed E-state index contributed by atoms with van der Waals surface area (Å²) in [5.74, 6) is 0. The molecular formula is C20H25NO. The van der Waals surface area contributed by atoms with E-state index in [1.54, 1.807) is 0 Å². The fraction of sp³-hybridized carbons (Fsp3) is 0.400. The predicted octanol–water partition coefficient (Wildman–Crippen LogP) is 3.68. The highest BCUT2D eigenvalue weighted by Crippen LogP contribution is 2.36. The Morgan fingerprint density at radius 1 is 0.864 bits per heavy atom. The molecule has 2 N–H and O–H groups in total. The third-order valence-electron chi connectivity index (χ3n) is 4.80. The van der Waals surface area contributed by atoms with Crippen molar-refractivity contribution in [3.8, 4) is 0 Å². The van der Waals surface area contributed by atoms with Crippen LogP contribution in [-0.4, -0.2) is 17.7 Å². The van der Waals surface area contributed by atoms with Gasteiger partial charge < -0.3 is 10.4 Å². The lowest BCUT2D eigenvalue weighted by Gasteiger charge is -2.40. The molecule has 0 bridgehead atoms. The maximum absolute atomic E-state index is 11.7. The summed E-state index contributed by atoms with van der Waals surface area (Å²) in [6.07, 6.45) is 3.35.